The van der Waals surface area contributed by atoms with Crippen molar-refractivity contribution in [2.24, 2.45) is 10.9 Å². The second kappa shape index (κ2) is 5.97. The third kappa shape index (κ3) is 2.40. The zero-order valence-corrected chi connectivity index (χ0v) is 16.2. The lowest BCUT2D eigenvalue weighted by Crippen LogP contribution is -2.63. The summed E-state index contributed by atoms with van der Waals surface area (Å²) in [6.45, 7) is 12.8. The first-order valence-electron chi connectivity index (χ1n) is 9.01. The Morgan fingerprint density at radius 2 is 1.84 bits per heavy atom. The van der Waals surface area contributed by atoms with Gasteiger partial charge in [-0.3, -0.25) is 14.6 Å². The Hall–Kier alpha value is -2.18. The minimum Gasteiger partial charge on any atom is -0.270 e. The highest BCUT2D eigenvalue weighted by atomic mass is 16.2. The Kier molecular flexibility index (Phi) is 4.21. The molecule has 0 spiro atoms. The average molecular weight is 346 g/mol. The molecule has 2 atom stereocenters. The monoisotopic (exact) mass is 346 g/mol. The van der Waals surface area contributed by atoms with Gasteiger partial charge in [-0.05, 0) is 33.1 Å². The molecule has 1 fully saturated rings. The van der Waals surface area contributed by atoms with Crippen LogP contribution in [0.2, 0.25) is 0 Å². The summed E-state index contributed by atoms with van der Waals surface area (Å²) in [5.41, 5.74) is 2.15. The van der Waals surface area contributed by atoms with Gasteiger partial charge >= 0.3 is 12.0 Å². The van der Waals surface area contributed by atoms with E-state index < -0.39 is 6.04 Å². The molecule has 2 aliphatic rings. The number of imide groups is 1. The van der Waals surface area contributed by atoms with Crippen LogP contribution in [0, 0.1) is 19.8 Å². The van der Waals surface area contributed by atoms with E-state index in [-0.39, 0.29) is 23.9 Å². The molecule has 0 aromatic carbocycles. The number of amidine groups is 1. The Morgan fingerprint density at radius 1 is 1.20 bits per heavy atom. The molecule has 2 aliphatic heterocycles. The van der Waals surface area contributed by atoms with E-state index in [1.165, 1.54) is 9.80 Å². The summed E-state index contributed by atoms with van der Waals surface area (Å²) in [6, 6.07) is -0.549. The van der Waals surface area contributed by atoms with Crippen LogP contribution in [0.3, 0.4) is 0 Å². The molecule has 0 radical (unpaired) electrons. The molecule has 0 saturated carbocycles. The Bertz CT molecular complexity index is 777. The first-order chi connectivity index (χ1) is 11.7. The number of carbonyl (C=O) groups is 2. The van der Waals surface area contributed by atoms with Gasteiger partial charge in [0, 0.05) is 13.6 Å². The van der Waals surface area contributed by atoms with Crippen molar-refractivity contribution in [3.8, 4) is 0 Å². The molecule has 1 saturated heterocycles. The van der Waals surface area contributed by atoms with Crippen LogP contribution in [0.25, 0.3) is 0 Å². The zero-order chi connectivity index (χ0) is 18.6. The summed E-state index contributed by atoms with van der Waals surface area (Å²) in [5.74, 6) is 1.34. The maximum Gasteiger partial charge on any atom is 0.402 e. The first-order valence-corrected chi connectivity index (χ1v) is 9.01. The van der Waals surface area contributed by atoms with Crippen molar-refractivity contribution < 1.29 is 14.2 Å². The van der Waals surface area contributed by atoms with E-state index in [0.29, 0.717) is 12.4 Å². The Labute approximate surface area is 148 Å². The van der Waals surface area contributed by atoms with Crippen LogP contribution in [0.15, 0.2) is 4.99 Å². The summed E-state index contributed by atoms with van der Waals surface area (Å²) in [5, 5.41) is 0. The molecule has 25 heavy (non-hydrogen) atoms. The average Bonchev–Trinajstić information content (AvgIpc) is 3.05. The fraction of sp³-hybridized carbons (Fsp3) is 0.667. The standard InChI is InChI=1S/C18H28N5O2/c1-8-11(4)22-12(5)13(6)23-14-15(19-17(22)23)20(7)18(25)21(16(14)24)9-10(2)3/h10-11,14H,8-9H2,1-7H3/q+1. The van der Waals surface area contributed by atoms with Crippen molar-refractivity contribution in [1.82, 2.24) is 14.4 Å². The number of aliphatic imine (C=N–C) groups is 1. The van der Waals surface area contributed by atoms with Crippen molar-refractivity contribution in [3.05, 3.63) is 11.4 Å². The van der Waals surface area contributed by atoms with E-state index in [2.05, 4.69) is 25.3 Å². The molecule has 2 unspecified atom stereocenters. The van der Waals surface area contributed by atoms with Crippen LogP contribution in [0.5, 0.6) is 0 Å². The molecular formula is C18H28N5O2+. The van der Waals surface area contributed by atoms with Gasteiger partial charge in [-0.15, -0.1) is 0 Å². The second-order valence-corrected chi connectivity index (χ2v) is 7.52. The lowest BCUT2D eigenvalue weighted by Gasteiger charge is -2.34. The van der Waals surface area contributed by atoms with Crippen molar-refractivity contribution in [3.63, 3.8) is 0 Å². The van der Waals surface area contributed by atoms with Gasteiger partial charge < -0.3 is 0 Å². The number of nitrogens with zero attached hydrogens (tertiary/aromatic N) is 5. The lowest BCUT2D eigenvalue weighted by molar-refractivity contribution is -0.683. The number of imidazole rings is 1. The SMILES string of the molecule is CCC(C)n1c(C)c(C)[n+]2c1N=C1C2C(=O)N(CC(C)C)C(=O)N1C. The van der Waals surface area contributed by atoms with Crippen LogP contribution >= 0.6 is 0 Å². The van der Waals surface area contributed by atoms with Crippen LogP contribution in [-0.4, -0.2) is 45.7 Å². The summed E-state index contributed by atoms with van der Waals surface area (Å²) in [7, 11) is 1.70. The van der Waals surface area contributed by atoms with Crippen LogP contribution in [-0.2, 0) is 4.79 Å². The topological polar surface area (TPSA) is 61.8 Å². The van der Waals surface area contributed by atoms with E-state index in [1.54, 1.807) is 7.05 Å². The van der Waals surface area contributed by atoms with Gasteiger partial charge in [0.1, 0.15) is 11.4 Å². The van der Waals surface area contributed by atoms with Gasteiger partial charge in [0.2, 0.25) is 11.9 Å². The molecule has 3 amide bonds. The molecule has 136 valence electrons. The van der Waals surface area contributed by atoms with E-state index in [0.717, 1.165) is 23.8 Å². The quantitative estimate of drug-likeness (QED) is 0.787. The fourth-order valence-electron chi connectivity index (χ4n) is 3.70. The molecular weight excluding hydrogens is 318 g/mol. The second-order valence-electron chi connectivity index (χ2n) is 7.52. The molecule has 7 heteroatoms. The first kappa shape index (κ1) is 17.6. The van der Waals surface area contributed by atoms with Gasteiger partial charge in [-0.1, -0.05) is 25.8 Å². The number of hydrogen-bond acceptors (Lipinski definition) is 3. The number of rotatable bonds is 4. The van der Waals surface area contributed by atoms with Gasteiger partial charge in [0.15, 0.2) is 0 Å². The van der Waals surface area contributed by atoms with E-state index in [9.17, 15) is 9.59 Å². The molecule has 7 nitrogen and oxygen atoms in total. The molecule has 0 bridgehead atoms. The van der Waals surface area contributed by atoms with Gasteiger partial charge in [-0.2, -0.15) is 0 Å². The number of hydrogen-bond donors (Lipinski definition) is 0. The fourth-order valence-corrected chi connectivity index (χ4v) is 3.70. The molecule has 1 aromatic heterocycles. The molecule has 1 aromatic rings. The summed E-state index contributed by atoms with van der Waals surface area (Å²) >= 11 is 0. The Morgan fingerprint density at radius 3 is 2.40 bits per heavy atom. The number of carbonyl (C=O) groups excluding carboxylic acids is 2. The molecule has 3 rings (SSSR count). The predicted molar refractivity (Wildman–Crippen MR) is 94.9 cm³/mol. The normalized spacial score (nSPS) is 21.0. The lowest BCUT2D eigenvalue weighted by atomic mass is 10.1. The van der Waals surface area contributed by atoms with Crippen molar-refractivity contribution >= 4 is 23.7 Å². The number of amides is 3. The minimum atomic E-state index is -0.541. The van der Waals surface area contributed by atoms with E-state index in [4.69, 9.17) is 4.99 Å². The van der Waals surface area contributed by atoms with Crippen molar-refractivity contribution in [1.29, 1.82) is 0 Å². The number of likely N-dealkylation sites (N-methyl/N-ethyl adjacent to an activating group) is 1. The summed E-state index contributed by atoms with van der Waals surface area (Å²) in [6.07, 6.45) is 0.972. The smallest absolute Gasteiger partial charge is 0.270 e. The van der Waals surface area contributed by atoms with Gasteiger partial charge in [-0.25, -0.2) is 13.9 Å². The van der Waals surface area contributed by atoms with E-state index >= 15 is 0 Å². The summed E-state index contributed by atoms with van der Waals surface area (Å²) < 4.78 is 4.18. The Balaban J connectivity index is 2.15. The largest absolute Gasteiger partial charge is 0.402 e. The maximum absolute atomic E-state index is 13.1. The van der Waals surface area contributed by atoms with Gasteiger partial charge in [0.05, 0.1) is 6.04 Å². The molecule has 0 aliphatic carbocycles. The maximum atomic E-state index is 13.1. The van der Waals surface area contributed by atoms with Crippen LogP contribution in [0.4, 0.5) is 10.7 Å². The van der Waals surface area contributed by atoms with Crippen LogP contribution in [0.1, 0.15) is 57.6 Å². The third-order valence-electron chi connectivity index (χ3n) is 5.34. The highest BCUT2D eigenvalue weighted by molar-refractivity contribution is 6.19. The molecule has 3 heterocycles. The number of urea groups is 1. The number of fused-ring (bicyclic) bond motifs is 3. The third-order valence-corrected chi connectivity index (χ3v) is 5.34. The van der Waals surface area contributed by atoms with Crippen molar-refractivity contribution in [2.45, 2.75) is 60.0 Å². The highest BCUT2D eigenvalue weighted by Crippen LogP contribution is 2.33. The van der Waals surface area contributed by atoms with Gasteiger partial charge in [0.25, 0.3) is 5.91 Å². The minimum absolute atomic E-state index is 0.177. The van der Waals surface area contributed by atoms with Crippen LogP contribution < -0.4 is 4.57 Å². The zero-order valence-electron chi connectivity index (χ0n) is 16.2. The highest BCUT2D eigenvalue weighted by Gasteiger charge is 2.54. The van der Waals surface area contributed by atoms with E-state index in [1.807, 2.05) is 25.3 Å². The summed E-state index contributed by atoms with van der Waals surface area (Å²) in [4.78, 5) is 33.4. The molecule has 0 N–H and O–H groups in total. The number of aromatic nitrogens is 2. The predicted octanol–water partition coefficient (Wildman–Crippen LogP) is 2.50. The van der Waals surface area contributed by atoms with Crippen molar-refractivity contribution in [2.75, 3.05) is 13.6 Å².